The Morgan fingerprint density at radius 1 is 1.19 bits per heavy atom. The number of amides is 1. The number of carbonyl (C=O) groups is 1. The first-order valence-electron chi connectivity index (χ1n) is 9.31. The van der Waals surface area contributed by atoms with E-state index in [1.807, 2.05) is 23.9 Å². The van der Waals surface area contributed by atoms with E-state index in [9.17, 15) is 4.79 Å². The summed E-state index contributed by atoms with van der Waals surface area (Å²) in [6, 6.07) is 17.2. The molecule has 26 heavy (non-hydrogen) atoms. The summed E-state index contributed by atoms with van der Waals surface area (Å²) in [6.07, 6.45) is 1.66. The zero-order chi connectivity index (χ0) is 17.8. The quantitative estimate of drug-likeness (QED) is 0.851. The number of hydrogen-bond donors (Lipinski definition) is 2. The molecule has 2 heterocycles. The van der Waals surface area contributed by atoms with Crippen LogP contribution in [0.2, 0.25) is 0 Å². The third-order valence-corrected chi connectivity index (χ3v) is 6.16. The number of carbonyl (C=O) groups excluding carboxylic acids is 1. The molecule has 2 aliphatic heterocycles. The number of nitrogens with one attached hydrogen (secondary N) is 2. The number of benzene rings is 2. The van der Waals surface area contributed by atoms with E-state index < -0.39 is 0 Å². The van der Waals surface area contributed by atoms with Crippen LogP contribution in [0.5, 0.6) is 0 Å². The van der Waals surface area contributed by atoms with Crippen molar-refractivity contribution in [1.29, 1.82) is 0 Å². The molecule has 1 saturated heterocycles. The van der Waals surface area contributed by atoms with E-state index >= 15 is 0 Å². The smallest absolute Gasteiger partial charge is 0.225 e. The molecule has 0 aliphatic carbocycles. The van der Waals surface area contributed by atoms with Crippen LogP contribution in [0.4, 0.5) is 11.4 Å². The van der Waals surface area contributed by atoms with E-state index in [1.165, 1.54) is 16.8 Å². The minimum atomic E-state index is 0.0891. The summed E-state index contributed by atoms with van der Waals surface area (Å²) >= 11 is 1.92. The minimum absolute atomic E-state index is 0.0891. The Kier molecular flexibility index (Phi) is 5.46. The van der Waals surface area contributed by atoms with Gasteiger partial charge in [-0.25, -0.2) is 0 Å². The summed E-state index contributed by atoms with van der Waals surface area (Å²) in [4.78, 5) is 14.6. The normalized spacial score (nSPS) is 19.2. The summed E-state index contributed by atoms with van der Waals surface area (Å²) in [5, 5.41) is 6.43. The van der Waals surface area contributed by atoms with Gasteiger partial charge < -0.3 is 15.5 Å². The molecule has 4 nitrogen and oxygen atoms in total. The Morgan fingerprint density at radius 3 is 2.85 bits per heavy atom. The van der Waals surface area contributed by atoms with Crippen LogP contribution >= 0.6 is 11.8 Å². The fraction of sp³-hybridized carbons (Fsp3) is 0.381. The molecule has 1 atom stereocenters. The average Bonchev–Trinajstić information content (AvgIpc) is 3.07. The highest BCUT2D eigenvalue weighted by Gasteiger charge is 2.19. The van der Waals surface area contributed by atoms with Gasteiger partial charge in [-0.3, -0.25) is 4.79 Å². The first-order chi connectivity index (χ1) is 12.8. The largest absolute Gasteiger partial charge is 0.367 e. The van der Waals surface area contributed by atoms with Gasteiger partial charge in [-0.2, -0.15) is 11.8 Å². The number of fused-ring (bicyclic) bond motifs is 1. The lowest BCUT2D eigenvalue weighted by Crippen LogP contribution is -2.39. The summed E-state index contributed by atoms with van der Waals surface area (Å²) in [7, 11) is 0. The molecule has 136 valence electrons. The second-order valence-electron chi connectivity index (χ2n) is 6.98. The third-order valence-electron chi connectivity index (χ3n) is 5.02. The predicted octanol–water partition coefficient (Wildman–Crippen LogP) is 3.28. The molecule has 1 amide bonds. The SMILES string of the molecule is O=C(CC1CSCCN1)Nc1ccc(CN2CCc3ccccc32)cc1. The van der Waals surface area contributed by atoms with Gasteiger partial charge in [-0.15, -0.1) is 0 Å². The number of rotatable bonds is 5. The van der Waals surface area contributed by atoms with Crippen molar-refractivity contribution in [3.63, 3.8) is 0 Å². The molecular formula is C21H25N3OS. The van der Waals surface area contributed by atoms with Crippen LogP contribution in [0.3, 0.4) is 0 Å². The molecular weight excluding hydrogens is 342 g/mol. The Morgan fingerprint density at radius 2 is 2.04 bits per heavy atom. The van der Waals surface area contributed by atoms with E-state index in [-0.39, 0.29) is 5.91 Å². The number of nitrogens with zero attached hydrogens (tertiary/aromatic N) is 1. The minimum Gasteiger partial charge on any atom is -0.367 e. The Hall–Kier alpha value is -1.98. The van der Waals surface area contributed by atoms with Crippen LogP contribution in [0, 0.1) is 0 Å². The highest BCUT2D eigenvalue weighted by atomic mass is 32.2. The van der Waals surface area contributed by atoms with Crippen LogP contribution in [0.25, 0.3) is 0 Å². The standard InChI is InChI=1S/C21H25N3OS/c25-21(13-19-15-26-12-10-22-19)23-18-7-5-16(6-8-18)14-24-11-9-17-3-1-2-4-20(17)24/h1-8,19,22H,9-15H2,(H,23,25). The van der Waals surface area contributed by atoms with Gasteiger partial charge in [-0.05, 0) is 35.7 Å². The molecule has 0 spiro atoms. The zero-order valence-electron chi connectivity index (χ0n) is 14.9. The molecule has 0 bridgehead atoms. The maximum absolute atomic E-state index is 12.2. The van der Waals surface area contributed by atoms with Crippen LogP contribution in [0.1, 0.15) is 17.5 Å². The maximum Gasteiger partial charge on any atom is 0.225 e. The fourth-order valence-corrected chi connectivity index (χ4v) is 4.62. The molecule has 5 heteroatoms. The average molecular weight is 368 g/mol. The summed E-state index contributed by atoms with van der Waals surface area (Å²) in [5.41, 5.74) is 4.93. The molecule has 1 unspecified atom stereocenters. The van der Waals surface area contributed by atoms with Gasteiger partial charge in [0, 0.05) is 55.0 Å². The second kappa shape index (κ2) is 8.14. The van der Waals surface area contributed by atoms with Crippen molar-refractivity contribution in [2.75, 3.05) is 34.8 Å². The molecule has 0 radical (unpaired) electrons. The van der Waals surface area contributed by atoms with E-state index in [4.69, 9.17) is 0 Å². The summed E-state index contributed by atoms with van der Waals surface area (Å²) in [6.45, 7) is 2.98. The molecule has 0 saturated carbocycles. The number of para-hydroxylation sites is 1. The van der Waals surface area contributed by atoms with Crippen molar-refractivity contribution in [2.45, 2.75) is 25.4 Å². The second-order valence-corrected chi connectivity index (χ2v) is 8.13. The molecule has 2 aromatic carbocycles. The van der Waals surface area contributed by atoms with Crippen molar-refractivity contribution >= 4 is 29.0 Å². The van der Waals surface area contributed by atoms with Crippen LogP contribution < -0.4 is 15.5 Å². The molecule has 1 fully saturated rings. The first-order valence-corrected chi connectivity index (χ1v) is 10.5. The van der Waals surface area contributed by atoms with Crippen LogP contribution in [-0.2, 0) is 17.8 Å². The van der Waals surface area contributed by atoms with Crippen molar-refractivity contribution in [1.82, 2.24) is 5.32 Å². The highest BCUT2D eigenvalue weighted by molar-refractivity contribution is 7.99. The van der Waals surface area contributed by atoms with Gasteiger partial charge in [0.2, 0.25) is 5.91 Å². The topological polar surface area (TPSA) is 44.4 Å². The van der Waals surface area contributed by atoms with Gasteiger partial charge in [-0.1, -0.05) is 30.3 Å². The number of anilines is 2. The molecule has 2 N–H and O–H groups in total. The summed E-state index contributed by atoms with van der Waals surface area (Å²) in [5.74, 6) is 2.25. The molecule has 4 rings (SSSR count). The lowest BCUT2D eigenvalue weighted by Gasteiger charge is -2.22. The fourth-order valence-electron chi connectivity index (χ4n) is 3.67. The van der Waals surface area contributed by atoms with Crippen LogP contribution in [0.15, 0.2) is 48.5 Å². The monoisotopic (exact) mass is 367 g/mol. The third kappa shape index (κ3) is 4.22. The molecule has 0 aromatic heterocycles. The zero-order valence-corrected chi connectivity index (χ0v) is 15.7. The first kappa shape index (κ1) is 17.4. The van der Waals surface area contributed by atoms with Crippen molar-refractivity contribution in [3.05, 3.63) is 59.7 Å². The predicted molar refractivity (Wildman–Crippen MR) is 110 cm³/mol. The number of thioether (sulfide) groups is 1. The molecule has 2 aromatic rings. The number of hydrogen-bond acceptors (Lipinski definition) is 4. The van der Waals surface area contributed by atoms with Crippen molar-refractivity contribution in [2.24, 2.45) is 0 Å². The van der Waals surface area contributed by atoms with E-state index in [0.717, 1.165) is 43.2 Å². The van der Waals surface area contributed by atoms with Gasteiger partial charge >= 0.3 is 0 Å². The lowest BCUT2D eigenvalue weighted by molar-refractivity contribution is -0.116. The van der Waals surface area contributed by atoms with Gasteiger partial charge in [0.25, 0.3) is 0 Å². The van der Waals surface area contributed by atoms with Gasteiger partial charge in [0.1, 0.15) is 0 Å². The van der Waals surface area contributed by atoms with E-state index in [2.05, 4.69) is 51.9 Å². The molecule has 2 aliphatic rings. The van der Waals surface area contributed by atoms with Crippen molar-refractivity contribution < 1.29 is 4.79 Å². The van der Waals surface area contributed by atoms with Gasteiger partial charge in [0.05, 0.1) is 0 Å². The Bertz CT molecular complexity index is 756. The Balaban J connectivity index is 1.31. The van der Waals surface area contributed by atoms with Crippen molar-refractivity contribution in [3.8, 4) is 0 Å². The Labute approximate surface area is 159 Å². The van der Waals surface area contributed by atoms with Crippen LogP contribution in [-0.4, -0.2) is 36.5 Å². The lowest BCUT2D eigenvalue weighted by atomic mass is 10.1. The van der Waals surface area contributed by atoms with E-state index in [0.29, 0.717) is 12.5 Å². The highest BCUT2D eigenvalue weighted by Crippen LogP contribution is 2.29. The van der Waals surface area contributed by atoms with E-state index in [1.54, 1.807) is 0 Å². The maximum atomic E-state index is 12.2. The van der Waals surface area contributed by atoms with Gasteiger partial charge in [0.15, 0.2) is 0 Å². The summed E-state index contributed by atoms with van der Waals surface area (Å²) < 4.78 is 0.